The first-order valence-corrected chi connectivity index (χ1v) is 10.1. The second kappa shape index (κ2) is 9.56. The molecule has 1 aliphatic rings. The number of para-hydroxylation sites is 1. The van der Waals surface area contributed by atoms with Gasteiger partial charge in [0.05, 0.1) is 18.5 Å². The maximum Gasteiger partial charge on any atom is 0.357 e. The number of benzene rings is 1. The van der Waals surface area contributed by atoms with Gasteiger partial charge in [-0.05, 0) is 37.0 Å². The Morgan fingerprint density at radius 1 is 1.23 bits per heavy atom. The molecule has 160 valence electrons. The lowest BCUT2D eigenvalue weighted by atomic mass is 9.99. The summed E-state index contributed by atoms with van der Waals surface area (Å²) in [7, 11) is 1.27. The molecule has 30 heavy (non-hydrogen) atoms. The number of amides is 1. The molecule has 0 unspecified atom stereocenters. The number of hydrogen-bond donors (Lipinski definition) is 1. The first kappa shape index (κ1) is 21.5. The van der Waals surface area contributed by atoms with Gasteiger partial charge in [0.2, 0.25) is 0 Å². The van der Waals surface area contributed by atoms with Gasteiger partial charge in [0.1, 0.15) is 6.04 Å². The van der Waals surface area contributed by atoms with Crippen LogP contribution in [-0.2, 0) is 19.1 Å². The second-order valence-electron chi connectivity index (χ2n) is 7.51. The van der Waals surface area contributed by atoms with Crippen LogP contribution in [-0.4, -0.2) is 47.4 Å². The van der Waals surface area contributed by atoms with Crippen LogP contribution in [0.3, 0.4) is 0 Å². The summed E-state index contributed by atoms with van der Waals surface area (Å²) in [5.74, 6) is -1.49. The maximum absolute atomic E-state index is 12.7. The Morgan fingerprint density at radius 3 is 2.53 bits per heavy atom. The molecule has 2 atom stereocenters. The highest BCUT2D eigenvalue weighted by Gasteiger charge is 2.30. The molecule has 0 bridgehead atoms. The molecule has 1 aromatic carbocycles. The maximum atomic E-state index is 12.7. The van der Waals surface area contributed by atoms with Crippen molar-refractivity contribution >= 4 is 17.8 Å². The van der Waals surface area contributed by atoms with Gasteiger partial charge in [-0.1, -0.05) is 38.5 Å². The van der Waals surface area contributed by atoms with Crippen molar-refractivity contribution in [1.29, 1.82) is 0 Å². The summed E-state index contributed by atoms with van der Waals surface area (Å²) in [4.78, 5) is 36.9. The van der Waals surface area contributed by atoms with Crippen molar-refractivity contribution in [1.82, 2.24) is 15.1 Å². The number of carbonyl (C=O) groups excluding carboxylic acids is 3. The van der Waals surface area contributed by atoms with Gasteiger partial charge in [-0.3, -0.25) is 4.79 Å². The number of nitrogens with zero attached hydrogens (tertiary/aromatic N) is 2. The number of ether oxygens (including phenoxy) is 2. The lowest BCUT2D eigenvalue weighted by Gasteiger charge is -2.21. The number of aromatic nitrogens is 2. The highest BCUT2D eigenvalue weighted by Crippen LogP contribution is 2.39. The minimum absolute atomic E-state index is 0.113. The largest absolute Gasteiger partial charge is 0.467 e. The number of methoxy groups -OCH3 is 1. The van der Waals surface area contributed by atoms with Crippen molar-refractivity contribution in [2.45, 2.75) is 45.1 Å². The summed E-state index contributed by atoms with van der Waals surface area (Å²) in [6.45, 7) is 3.25. The minimum Gasteiger partial charge on any atom is -0.467 e. The molecular weight excluding hydrogens is 386 g/mol. The fourth-order valence-electron chi connectivity index (χ4n) is 3.11. The van der Waals surface area contributed by atoms with Crippen LogP contribution >= 0.6 is 0 Å². The first-order chi connectivity index (χ1) is 14.4. The van der Waals surface area contributed by atoms with E-state index >= 15 is 0 Å². The second-order valence-corrected chi connectivity index (χ2v) is 7.51. The van der Waals surface area contributed by atoms with Crippen molar-refractivity contribution in [3.8, 4) is 5.69 Å². The van der Waals surface area contributed by atoms with Crippen LogP contribution in [0.2, 0.25) is 0 Å². The van der Waals surface area contributed by atoms with E-state index in [1.165, 1.54) is 7.11 Å². The fourth-order valence-corrected chi connectivity index (χ4v) is 3.11. The van der Waals surface area contributed by atoms with Crippen LogP contribution in [0.25, 0.3) is 5.69 Å². The van der Waals surface area contributed by atoms with Crippen molar-refractivity contribution in [3.63, 3.8) is 0 Å². The zero-order valence-electron chi connectivity index (χ0n) is 17.5. The number of nitrogens with one attached hydrogen (secondary N) is 1. The van der Waals surface area contributed by atoms with Crippen LogP contribution in [0.5, 0.6) is 0 Å². The number of esters is 2. The highest BCUT2D eigenvalue weighted by molar-refractivity contribution is 5.91. The first-order valence-electron chi connectivity index (χ1n) is 10.1. The molecule has 1 saturated carbocycles. The summed E-state index contributed by atoms with van der Waals surface area (Å²) in [6, 6.07) is 10.2. The van der Waals surface area contributed by atoms with Gasteiger partial charge in [-0.2, -0.15) is 5.10 Å². The van der Waals surface area contributed by atoms with Gasteiger partial charge in [0, 0.05) is 5.92 Å². The molecule has 1 amide bonds. The lowest BCUT2D eigenvalue weighted by Crippen LogP contribution is -2.47. The highest BCUT2D eigenvalue weighted by atomic mass is 16.5. The molecule has 8 nitrogen and oxygen atoms in total. The molecule has 1 aliphatic carbocycles. The van der Waals surface area contributed by atoms with E-state index in [9.17, 15) is 14.4 Å². The van der Waals surface area contributed by atoms with E-state index in [0.717, 1.165) is 24.2 Å². The van der Waals surface area contributed by atoms with Crippen LogP contribution in [0.4, 0.5) is 0 Å². The van der Waals surface area contributed by atoms with Crippen LogP contribution in [0.1, 0.15) is 55.2 Å². The summed E-state index contributed by atoms with van der Waals surface area (Å²) in [5.41, 5.74) is 1.85. The minimum atomic E-state index is -0.789. The molecule has 0 radical (unpaired) electrons. The smallest absolute Gasteiger partial charge is 0.357 e. The normalized spacial score (nSPS) is 15.2. The average molecular weight is 413 g/mol. The summed E-state index contributed by atoms with van der Waals surface area (Å²) >= 11 is 0. The Morgan fingerprint density at radius 2 is 1.93 bits per heavy atom. The van der Waals surface area contributed by atoms with Crippen molar-refractivity contribution in [3.05, 3.63) is 47.8 Å². The summed E-state index contributed by atoms with van der Waals surface area (Å²) in [5, 5.41) is 7.15. The number of carbonyl (C=O) groups is 3. The molecule has 1 fully saturated rings. The Labute approximate surface area is 175 Å². The SMILES string of the molecule is CC[C@@H](C)[C@H](NC(=O)COC(=O)c1cc(C2CC2)nn1-c1ccccc1)C(=O)OC. The third-order valence-electron chi connectivity index (χ3n) is 5.25. The summed E-state index contributed by atoms with van der Waals surface area (Å²) in [6.07, 6.45) is 2.78. The molecule has 8 heteroatoms. The van der Waals surface area contributed by atoms with E-state index in [1.807, 2.05) is 44.2 Å². The van der Waals surface area contributed by atoms with E-state index in [1.54, 1.807) is 10.7 Å². The van der Waals surface area contributed by atoms with Gasteiger partial charge < -0.3 is 14.8 Å². The van der Waals surface area contributed by atoms with Gasteiger partial charge in [0.25, 0.3) is 5.91 Å². The predicted octanol–water partition coefficient (Wildman–Crippen LogP) is 2.61. The molecule has 0 saturated heterocycles. The van der Waals surface area contributed by atoms with Crippen LogP contribution in [0.15, 0.2) is 36.4 Å². The lowest BCUT2D eigenvalue weighted by molar-refractivity contribution is -0.147. The third-order valence-corrected chi connectivity index (χ3v) is 5.25. The van der Waals surface area contributed by atoms with Crippen molar-refractivity contribution in [2.75, 3.05) is 13.7 Å². The third kappa shape index (κ3) is 5.06. The molecule has 1 aromatic heterocycles. The topological polar surface area (TPSA) is 99.5 Å². The van der Waals surface area contributed by atoms with Crippen LogP contribution in [0, 0.1) is 5.92 Å². The monoisotopic (exact) mass is 413 g/mol. The molecule has 3 rings (SSSR count). The molecule has 1 N–H and O–H groups in total. The predicted molar refractivity (Wildman–Crippen MR) is 109 cm³/mol. The van der Waals surface area contributed by atoms with E-state index in [2.05, 4.69) is 10.4 Å². The van der Waals surface area contributed by atoms with Crippen LogP contribution < -0.4 is 5.32 Å². The number of hydrogen-bond acceptors (Lipinski definition) is 6. The van der Waals surface area contributed by atoms with Crippen molar-refractivity contribution in [2.24, 2.45) is 5.92 Å². The van der Waals surface area contributed by atoms with Crippen molar-refractivity contribution < 1.29 is 23.9 Å². The Bertz CT molecular complexity index is 905. The average Bonchev–Trinajstić information content (AvgIpc) is 3.53. The zero-order chi connectivity index (χ0) is 21.7. The zero-order valence-corrected chi connectivity index (χ0v) is 17.5. The summed E-state index contributed by atoms with van der Waals surface area (Å²) < 4.78 is 11.5. The van der Waals surface area contributed by atoms with Gasteiger partial charge >= 0.3 is 11.9 Å². The van der Waals surface area contributed by atoms with Gasteiger partial charge in [0.15, 0.2) is 12.3 Å². The fraction of sp³-hybridized carbons (Fsp3) is 0.455. The van der Waals surface area contributed by atoms with Gasteiger partial charge in [-0.25, -0.2) is 14.3 Å². The molecule has 0 spiro atoms. The van der Waals surface area contributed by atoms with E-state index in [0.29, 0.717) is 12.3 Å². The molecular formula is C22H27N3O5. The standard InChI is InChI=1S/C22H27N3O5/c1-4-14(2)20(22(28)29-3)23-19(26)13-30-21(27)18-12-17(15-10-11-15)24-25(18)16-8-6-5-7-9-16/h5-9,12,14-15,20H,4,10-11,13H2,1-3H3,(H,23,26)/t14-,20+/m1/s1. The van der Waals surface area contributed by atoms with E-state index < -0.39 is 30.5 Å². The Hall–Kier alpha value is -3.16. The molecule has 0 aliphatic heterocycles. The van der Waals surface area contributed by atoms with E-state index in [4.69, 9.17) is 9.47 Å². The number of rotatable bonds is 9. The molecule has 1 heterocycles. The quantitative estimate of drug-likeness (QED) is 0.635. The Balaban J connectivity index is 1.68. The van der Waals surface area contributed by atoms with E-state index in [-0.39, 0.29) is 11.6 Å². The van der Waals surface area contributed by atoms with Gasteiger partial charge in [-0.15, -0.1) is 0 Å². The Kier molecular flexibility index (Phi) is 6.87. The molecule has 2 aromatic rings.